The van der Waals surface area contributed by atoms with E-state index in [4.69, 9.17) is 10.5 Å². The highest BCUT2D eigenvalue weighted by atomic mass is 32.2. The van der Waals surface area contributed by atoms with Crippen LogP contribution in [0.15, 0.2) is 47.6 Å². The number of nitrogens with zero attached hydrogens (tertiary/aromatic N) is 1. The van der Waals surface area contributed by atoms with Crippen LogP contribution in [0.25, 0.3) is 0 Å². The van der Waals surface area contributed by atoms with Gasteiger partial charge in [-0.25, -0.2) is 4.98 Å². The predicted molar refractivity (Wildman–Crippen MR) is 76.6 cm³/mol. The van der Waals surface area contributed by atoms with Gasteiger partial charge in [0.15, 0.2) is 5.03 Å². The van der Waals surface area contributed by atoms with Gasteiger partial charge in [0.05, 0.1) is 18.0 Å². The summed E-state index contributed by atoms with van der Waals surface area (Å²) in [5, 5.41) is -0.188. The summed E-state index contributed by atoms with van der Waals surface area (Å²) in [5.74, 6) is 0. The van der Waals surface area contributed by atoms with Gasteiger partial charge in [-0.1, -0.05) is 18.2 Å². The molecule has 0 atom stereocenters. The van der Waals surface area contributed by atoms with E-state index >= 15 is 0 Å². The maximum absolute atomic E-state index is 12.3. The molecule has 106 valence electrons. The summed E-state index contributed by atoms with van der Waals surface area (Å²) < 4.78 is 32.1. The summed E-state index contributed by atoms with van der Waals surface area (Å²) in [4.78, 5) is 3.82. The molecule has 0 aliphatic carbocycles. The van der Waals surface area contributed by atoms with Crippen molar-refractivity contribution in [2.24, 2.45) is 0 Å². The second kappa shape index (κ2) is 5.89. The van der Waals surface area contributed by atoms with Crippen LogP contribution >= 0.6 is 0 Å². The minimum Gasteiger partial charge on any atom is -0.396 e. The van der Waals surface area contributed by atoms with E-state index in [1.807, 2.05) is 0 Å². The molecule has 0 unspecified atom stereocenters. The Morgan fingerprint density at radius 2 is 2.00 bits per heavy atom. The maximum atomic E-state index is 12.3. The van der Waals surface area contributed by atoms with Gasteiger partial charge in [-0.05, 0) is 18.2 Å². The van der Waals surface area contributed by atoms with Gasteiger partial charge in [-0.3, -0.25) is 4.72 Å². The molecular formula is C13H15N3O3S. The van der Waals surface area contributed by atoms with Crippen molar-refractivity contribution in [2.45, 2.75) is 11.6 Å². The highest BCUT2D eigenvalue weighted by Gasteiger charge is 2.19. The molecule has 0 fully saturated rings. The lowest BCUT2D eigenvalue weighted by molar-refractivity contribution is 0.185. The number of nitrogens with two attached hydrogens (primary N) is 1. The van der Waals surface area contributed by atoms with Crippen molar-refractivity contribution in [3.05, 3.63) is 48.2 Å². The Bertz CT molecular complexity index is 702. The van der Waals surface area contributed by atoms with Crippen LogP contribution in [-0.2, 0) is 21.4 Å². The molecule has 2 rings (SSSR count). The first kappa shape index (κ1) is 14.3. The number of para-hydroxylation sites is 1. The van der Waals surface area contributed by atoms with Crippen LogP contribution in [0.2, 0.25) is 0 Å². The van der Waals surface area contributed by atoms with Gasteiger partial charge in [-0.15, -0.1) is 0 Å². The second-order valence-corrected chi connectivity index (χ2v) is 5.69. The summed E-state index contributed by atoms with van der Waals surface area (Å²) in [6, 6.07) is 10.0. The minimum atomic E-state index is -3.83. The van der Waals surface area contributed by atoms with E-state index in [2.05, 4.69) is 9.71 Å². The first-order chi connectivity index (χ1) is 9.54. The third-order valence-corrected chi connectivity index (χ3v) is 3.96. The summed E-state index contributed by atoms with van der Waals surface area (Å²) in [6.07, 6.45) is 1.38. The second-order valence-electron chi connectivity index (χ2n) is 4.09. The monoisotopic (exact) mass is 293 g/mol. The number of benzene rings is 1. The third-order valence-electron chi connectivity index (χ3n) is 2.62. The molecule has 0 aliphatic heterocycles. The van der Waals surface area contributed by atoms with Crippen LogP contribution in [0.3, 0.4) is 0 Å². The number of ether oxygens (including phenoxy) is 1. The molecule has 2 aromatic rings. The van der Waals surface area contributed by atoms with E-state index < -0.39 is 10.0 Å². The normalized spacial score (nSPS) is 11.2. The van der Waals surface area contributed by atoms with Crippen LogP contribution in [0.4, 0.5) is 11.4 Å². The smallest absolute Gasteiger partial charge is 0.281 e. The molecule has 0 saturated heterocycles. The molecule has 1 aromatic heterocycles. The fourth-order valence-electron chi connectivity index (χ4n) is 1.72. The Labute approximate surface area is 117 Å². The van der Waals surface area contributed by atoms with Crippen molar-refractivity contribution in [1.29, 1.82) is 0 Å². The van der Waals surface area contributed by atoms with Crippen LogP contribution in [-0.4, -0.2) is 20.5 Å². The van der Waals surface area contributed by atoms with Crippen LogP contribution < -0.4 is 10.5 Å². The Morgan fingerprint density at radius 3 is 2.70 bits per heavy atom. The van der Waals surface area contributed by atoms with Crippen molar-refractivity contribution in [3.63, 3.8) is 0 Å². The number of hydrogen-bond donors (Lipinski definition) is 2. The van der Waals surface area contributed by atoms with E-state index in [0.717, 1.165) is 5.56 Å². The third kappa shape index (κ3) is 3.06. The molecule has 0 spiro atoms. The van der Waals surface area contributed by atoms with Gasteiger partial charge >= 0.3 is 0 Å². The molecule has 0 radical (unpaired) electrons. The fourth-order valence-corrected chi connectivity index (χ4v) is 2.89. The Morgan fingerprint density at radius 1 is 1.25 bits per heavy atom. The molecule has 1 aromatic carbocycles. The molecule has 0 amide bonds. The number of anilines is 2. The van der Waals surface area contributed by atoms with Crippen LogP contribution in [0.5, 0.6) is 0 Å². The SMILES string of the molecule is COCc1ccccc1NS(=O)(=O)c1ncccc1N. The number of nitrogen functional groups attached to an aromatic ring is 1. The molecule has 1 heterocycles. The number of nitrogens with one attached hydrogen (secondary N) is 1. The lowest BCUT2D eigenvalue weighted by Gasteiger charge is -2.12. The lowest BCUT2D eigenvalue weighted by Crippen LogP contribution is -2.17. The number of sulfonamides is 1. The predicted octanol–water partition coefficient (Wildman–Crippen LogP) is 1.61. The van der Waals surface area contributed by atoms with Crippen molar-refractivity contribution in [2.75, 3.05) is 17.6 Å². The summed E-state index contributed by atoms with van der Waals surface area (Å²) in [5.41, 5.74) is 6.93. The molecule has 20 heavy (non-hydrogen) atoms. The first-order valence-electron chi connectivity index (χ1n) is 5.85. The van der Waals surface area contributed by atoms with Crippen molar-refractivity contribution in [1.82, 2.24) is 4.98 Å². The molecule has 0 saturated carbocycles. The highest BCUT2D eigenvalue weighted by molar-refractivity contribution is 7.92. The number of rotatable bonds is 5. The van der Waals surface area contributed by atoms with Gasteiger partial charge in [0, 0.05) is 18.9 Å². The fraction of sp³-hybridized carbons (Fsp3) is 0.154. The van der Waals surface area contributed by atoms with Gasteiger partial charge in [0.2, 0.25) is 0 Å². The van der Waals surface area contributed by atoms with E-state index in [1.54, 1.807) is 37.4 Å². The zero-order chi connectivity index (χ0) is 14.6. The van der Waals surface area contributed by atoms with E-state index in [-0.39, 0.29) is 10.7 Å². The molecular weight excluding hydrogens is 278 g/mol. The summed E-state index contributed by atoms with van der Waals surface area (Å²) >= 11 is 0. The van der Waals surface area contributed by atoms with E-state index in [0.29, 0.717) is 12.3 Å². The molecule has 3 N–H and O–H groups in total. The zero-order valence-electron chi connectivity index (χ0n) is 10.9. The maximum Gasteiger partial charge on any atom is 0.281 e. The van der Waals surface area contributed by atoms with Crippen molar-refractivity contribution >= 4 is 21.4 Å². The minimum absolute atomic E-state index is 0.101. The Balaban J connectivity index is 2.37. The molecule has 6 nitrogen and oxygen atoms in total. The molecule has 0 bridgehead atoms. The molecule has 0 aliphatic rings. The van der Waals surface area contributed by atoms with Gasteiger partial charge in [0.1, 0.15) is 0 Å². The highest BCUT2D eigenvalue weighted by Crippen LogP contribution is 2.22. The van der Waals surface area contributed by atoms with Gasteiger partial charge in [0.25, 0.3) is 10.0 Å². The topological polar surface area (TPSA) is 94.3 Å². The summed E-state index contributed by atoms with van der Waals surface area (Å²) in [7, 11) is -2.28. The number of pyridine rings is 1. The lowest BCUT2D eigenvalue weighted by atomic mass is 10.2. The average molecular weight is 293 g/mol. The first-order valence-corrected chi connectivity index (χ1v) is 7.33. The number of hydrogen-bond acceptors (Lipinski definition) is 5. The standard InChI is InChI=1S/C13H15N3O3S/c1-19-9-10-5-2-3-7-12(10)16-20(17,18)13-11(14)6-4-8-15-13/h2-8,16H,9,14H2,1H3. The van der Waals surface area contributed by atoms with E-state index in [9.17, 15) is 8.42 Å². The average Bonchev–Trinajstić information content (AvgIpc) is 2.41. The van der Waals surface area contributed by atoms with Crippen molar-refractivity contribution < 1.29 is 13.2 Å². The largest absolute Gasteiger partial charge is 0.396 e. The molecule has 7 heteroatoms. The van der Waals surface area contributed by atoms with Gasteiger partial charge in [-0.2, -0.15) is 8.42 Å². The Hall–Kier alpha value is -2.12. The zero-order valence-corrected chi connectivity index (χ0v) is 11.7. The van der Waals surface area contributed by atoms with E-state index in [1.165, 1.54) is 12.3 Å². The Kier molecular flexibility index (Phi) is 4.21. The van der Waals surface area contributed by atoms with Crippen molar-refractivity contribution in [3.8, 4) is 0 Å². The quantitative estimate of drug-likeness (QED) is 0.873. The summed E-state index contributed by atoms with van der Waals surface area (Å²) in [6.45, 7) is 0.302. The van der Waals surface area contributed by atoms with Crippen LogP contribution in [0, 0.1) is 0 Å². The van der Waals surface area contributed by atoms with Crippen LogP contribution in [0.1, 0.15) is 5.56 Å². The van der Waals surface area contributed by atoms with Gasteiger partial charge < -0.3 is 10.5 Å². The number of aromatic nitrogens is 1. The number of methoxy groups -OCH3 is 1.